The second-order valence-electron chi connectivity index (χ2n) is 5.94. The van der Waals surface area contributed by atoms with Gasteiger partial charge in [0.25, 0.3) is 0 Å². The van der Waals surface area contributed by atoms with E-state index in [2.05, 4.69) is 35.5 Å². The lowest BCUT2D eigenvalue weighted by Crippen LogP contribution is -1.85. The highest BCUT2D eigenvalue weighted by atomic mass is 32.2. The Labute approximate surface area is 156 Å². The van der Waals surface area contributed by atoms with E-state index >= 15 is 0 Å². The minimum atomic E-state index is 0.740. The highest BCUT2D eigenvalue weighted by Gasteiger charge is 2.14. The first-order valence-corrected chi connectivity index (χ1v) is 9.57. The first kappa shape index (κ1) is 16.5. The molecule has 0 spiro atoms. The molecule has 0 saturated heterocycles. The quantitative estimate of drug-likeness (QED) is 0.311. The number of hydrogen-bond acceptors (Lipinski definition) is 4. The van der Waals surface area contributed by atoms with Crippen LogP contribution in [0.2, 0.25) is 0 Å². The van der Waals surface area contributed by atoms with E-state index in [4.69, 9.17) is 4.98 Å². The van der Waals surface area contributed by atoms with Crippen molar-refractivity contribution in [1.29, 1.82) is 0 Å². The van der Waals surface area contributed by atoms with Crippen LogP contribution in [0, 0.1) is 6.92 Å². The van der Waals surface area contributed by atoms with Crippen molar-refractivity contribution in [3.05, 3.63) is 78.5 Å². The molecule has 0 bridgehead atoms. The Bertz CT molecular complexity index is 1080. The van der Waals surface area contributed by atoms with Crippen LogP contribution in [0.15, 0.2) is 88.1 Å². The fourth-order valence-corrected chi connectivity index (χ4v) is 3.31. The maximum Gasteiger partial charge on any atom is 0.187 e. The Morgan fingerprint density at radius 2 is 1.77 bits per heavy atom. The Morgan fingerprint density at radius 1 is 0.923 bits per heavy atom. The summed E-state index contributed by atoms with van der Waals surface area (Å²) in [6, 6.07) is 22.2. The van der Waals surface area contributed by atoms with Gasteiger partial charge in [0, 0.05) is 16.7 Å². The lowest BCUT2D eigenvalue weighted by molar-refractivity contribution is 1.09. The lowest BCUT2D eigenvalue weighted by Gasteiger charge is -2.01. The van der Waals surface area contributed by atoms with Crippen LogP contribution in [0.25, 0.3) is 16.9 Å². The van der Waals surface area contributed by atoms with Gasteiger partial charge in [-0.1, -0.05) is 42.5 Å². The van der Waals surface area contributed by atoms with Gasteiger partial charge in [-0.2, -0.15) is 0 Å². The SMILES string of the molecule is CSc1cccc(N=Nc2c(-c3ccccc3)nc3c(C)cccn23)c1. The number of imidazole rings is 1. The summed E-state index contributed by atoms with van der Waals surface area (Å²) in [4.78, 5) is 6.00. The molecule has 0 fully saturated rings. The van der Waals surface area contributed by atoms with Gasteiger partial charge in [-0.05, 0) is 43.0 Å². The van der Waals surface area contributed by atoms with Crippen molar-refractivity contribution >= 4 is 28.9 Å². The number of aryl methyl sites for hydroxylation is 1. The van der Waals surface area contributed by atoms with E-state index in [0.29, 0.717) is 0 Å². The second-order valence-corrected chi connectivity index (χ2v) is 6.82. The summed E-state index contributed by atoms with van der Waals surface area (Å²) in [5.74, 6) is 0.740. The van der Waals surface area contributed by atoms with Crippen LogP contribution in [0.1, 0.15) is 5.56 Å². The first-order chi connectivity index (χ1) is 12.8. The molecule has 0 unspecified atom stereocenters. The number of azo groups is 1. The van der Waals surface area contributed by atoms with Crippen molar-refractivity contribution in [2.24, 2.45) is 10.2 Å². The highest BCUT2D eigenvalue weighted by Crippen LogP contribution is 2.33. The number of aromatic nitrogens is 2. The number of benzene rings is 2. The van der Waals surface area contributed by atoms with Gasteiger partial charge in [0.05, 0.1) is 5.69 Å². The Balaban J connectivity index is 1.87. The zero-order valence-corrected chi connectivity index (χ0v) is 15.4. The zero-order valence-electron chi connectivity index (χ0n) is 14.6. The molecule has 128 valence electrons. The number of hydrogen-bond donors (Lipinski definition) is 0. The van der Waals surface area contributed by atoms with Gasteiger partial charge in [0.1, 0.15) is 11.3 Å². The second kappa shape index (κ2) is 7.14. The van der Waals surface area contributed by atoms with Crippen LogP contribution in [-0.4, -0.2) is 15.6 Å². The number of thioether (sulfide) groups is 1. The fourth-order valence-electron chi connectivity index (χ4n) is 2.85. The summed E-state index contributed by atoms with van der Waals surface area (Å²) in [5.41, 5.74) is 4.71. The molecule has 2 aromatic carbocycles. The molecule has 4 aromatic rings. The van der Waals surface area contributed by atoms with E-state index in [1.54, 1.807) is 11.8 Å². The van der Waals surface area contributed by atoms with Crippen molar-refractivity contribution in [3.8, 4) is 11.3 Å². The highest BCUT2D eigenvalue weighted by molar-refractivity contribution is 7.98. The summed E-state index contributed by atoms with van der Waals surface area (Å²) < 4.78 is 2.00. The average Bonchev–Trinajstić information content (AvgIpc) is 3.07. The molecule has 2 heterocycles. The molecular weight excluding hydrogens is 340 g/mol. The molecule has 4 nitrogen and oxygen atoms in total. The third kappa shape index (κ3) is 3.13. The monoisotopic (exact) mass is 358 g/mol. The van der Waals surface area contributed by atoms with E-state index in [1.807, 2.05) is 65.2 Å². The largest absolute Gasteiger partial charge is 0.282 e. The topological polar surface area (TPSA) is 42.0 Å². The summed E-state index contributed by atoms with van der Waals surface area (Å²) in [7, 11) is 0. The van der Waals surface area contributed by atoms with E-state index < -0.39 is 0 Å². The van der Waals surface area contributed by atoms with E-state index in [1.165, 1.54) is 4.90 Å². The normalized spacial score (nSPS) is 11.5. The standard InChI is InChI=1S/C21H18N4S/c1-15-8-7-13-25-20(15)22-19(16-9-4-3-5-10-16)21(25)24-23-17-11-6-12-18(14-17)26-2/h3-14H,1-2H3. The van der Waals surface area contributed by atoms with Gasteiger partial charge in [-0.15, -0.1) is 22.0 Å². The van der Waals surface area contributed by atoms with E-state index in [0.717, 1.165) is 34.0 Å². The van der Waals surface area contributed by atoms with Gasteiger partial charge in [0.15, 0.2) is 5.82 Å². The van der Waals surface area contributed by atoms with Crippen molar-refractivity contribution in [2.45, 2.75) is 11.8 Å². The number of nitrogens with zero attached hydrogens (tertiary/aromatic N) is 4. The summed E-state index contributed by atoms with van der Waals surface area (Å²) in [6.07, 6.45) is 4.03. The van der Waals surface area contributed by atoms with Crippen LogP contribution in [0.3, 0.4) is 0 Å². The van der Waals surface area contributed by atoms with E-state index in [-0.39, 0.29) is 0 Å². The Hall–Kier alpha value is -2.92. The molecule has 0 amide bonds. The molecule has 0 radical (unpaired) electrons. The van der Waals surface area contributed by atoms with Gasteiger partial charge in [-0.25, -0.2) is 4.98 Å². The van der Waals surface area contributed by atoms with Gasteiger partial charge < -0.3 is 0 Å². The van der Waals surface area contributed by atoms with Gasteiger partial charge >= 0.3 is 0 Å². The maximum absolute atomic E-state index is 4.83. The minimum Gasteiger partial charge on any atom is -0.282 e. The predicted octanol–water partition coefficient (Wildman–Crippen LogP) is 6.45. The van der Waals surface area contributed by atoms with Gasteiger partial charge in [0.2, 0.25) is 0 Å². The lowest BCUT2D eigenvalue weighted by atomic mass is 10.1. The Morgan fingerprint density at radius 3 is 2.58 bits per heavy atom. The molecule has 0 aliphatic heterocycles. The fraction of sp³-hybridized carbons (Fsp3) is 0.0952. The van der Waals surface area contributed by atoms with Crippen LogP contribution in [0.5, 0.6) is 0 Å². The van der Waals surface area contributed by atoms with Crippen LogP contribution in [-0.2, 0) is 0 Å². The summed E-state index contributed by atoms with van der Waals surface area (Å²) >= 11 is 1.69. The van der Waals surface area contributed by atoms with Crippen molar-refractivity contribution < 1.29 is 0 Å². The summed E-state index contributed by atoms with van der Waals surface area (Å²) in [6.45, 7) is 2.06. The molecule has 0 atom stereocenters. The van der Waals surface area contributed by atoms with Gasteiger partial charge in [-0.3, -0.25) is 4.40 Å². The zero-order chi connectivity index (χ0) is 17.9. The molecule has 4 rings (SSSR count). The molecular formula is C21H18N4S. The van der Waals surface area contributed by atoms with Crippen molar-refractivity contribution in [1.82, 2.24) is 9.38 Å². The Kier molecular flexibility index (Phi) is 4.54. The maximum atomic E-state index is 4.83. The van der Waals surface area contributed by atoms with E-state index in [9.17, 15) is 0 Å². The number of pyridine rings is 1. The number of fused-ring (bicyclic) bond motifs is 1. The van der Waals surface area contributed by atoms with Crippen LogP contribution in [0.4, 0.5) is 11.5 Å². The third-order valence-corrected chi connectivity index (χ3v) is 4.91. The molecule has 0 N–H and O–H groups in total. The molecule has 5 heteroatoms. The van der Waals surface area contributed by atoms with Crippen molar-refractivity contribution in [3.63, 3.8) is 0 Å². The smallest absolute Gasteiger partial charge is 0.187 e. The molecule has 2 aromatic heterocycles. The number of rotatable bonds is 4. The third-order valence-electron chi connectivity index (χ3n) is 4.18. The molecule has 0 aliphatic rings. The van der Waals surface area contributed by atoms with Crippen LogP contribution < -0.4 is 0 Å². The molecule has 26 heavy (non-hydrogen) atoms. The predicted molar refractivity (Wildman–Crippen MR) is 108 cm³/mol. The van der Waals surface area contributed by atoms with Crippen molar-refractivity contribution in [2.75, 3.05) is 6.26 Å². The molecule has 0 aliphatic carbocycles. The first-order valence-electron chi connectivity index (χ1n) is 8.35. The molecule has 0 saturated carbocycles. The van der Waals surface area contributed by atoms with Crippen LogP contribution >= 0.6 is 11.8 Å². The summed E-state index contributed by atoms with van der Waals surface area (Å²) in [5, 5.41) is 9.05. The minimum absolute atomic E-state index is 0.740. The average molecular weight is 358 g/mol.